The van der Waals surface area contributed by atoms with Gasteiger partial charge in [-0.15, -0.1) is 11.3 Å². The summed E-state index contributed by atoms with van der Waals surface area (Å²) in [4.78, 5) is 28.4. The van der Waals surface area contributed by atoms with E-state index < -0.39 is 0 Å². The third-order valence-electron chi connectivity index (χ3n) is 4.83. The van der Waals surface area contributed by atoms with Crippen LogP contribution in [0.25, 0.3) is 15.7 Å². The number of thiophene rings is 1. The smallest absolute Gasteiger partial charge is 0.291 e. The number of nitrogens with one attached hydrogen (secondary N) is 1. The number of carbonyl (C=O) groups excluding carboxylic acids is 1. The van der Waals surface area contributed by atoms with Crippen molar-refractivity contribution in [2.45, 2.75) is 19.9 Å². The first-order valence-corrected chi connectivity index (χ1v) is 10.0. The van der Waals surface area contributed by atoms with Crippen LogP contribution in [0.1, 0.15) is 11.8 Å². The molecule has 8 nitrogen and oxygen atoms in total. The molecule has 0 spiro atoms. The van der Waals surface area contributed by atoms with Crippen molar-refractivity contribution in [3.05, 3.63) is 33.7 Å². The van der Waals surface area contributed by atoms with Crippen molar-refractivity contribution >= 4 is 33.0 Å². The zero-order valence-electron chi connectivity index (χ0n) is 15.3. The molecule has 3 aromatic rings. The number of morpholine rings is 1. The van der Waals surface area contributed by atoms with Gasteiger partial charge >= 0.3 is 0 Å². The van der Waals surface area contributed by atoms with E-state index in [9.17, 15) is 9.59 Å². The summed E-state index contributed by atoms with van der Waals surface area (Å²) in [6.45, 7) is 6.63. The molecule has 0 unspecified atom stereocenters. The van der Waals surface area contributed by atoms with Gasteiger partial charge in [0.05, 0.1) is 23.4 Å². The highest BCUT2D eigenvalue weighted by atomic mass is 32.1. The lowest BCUT2D eigenvalue weighted by Crippen LogP contribution is -2.42. The zero-order chi connectivity index (χ0) is 18.8. The van der Waals surface area contributed by atoms with Crippen LogP contribution in [0, 0.1) is 0 Å². The van der Waals surface area contributed by atoms with Gasteiger partial charge in [0, 0.05) is 31.1 Å². The highest BCUT2D eigenvalue weighted by molar-refractivity contribution is 7.19. The molecule has 27 heavy (non-hydrogen) atoms. The van der Waals surface area contributed by atoms with Gasteiger partial charge in [0.2, 0.25) is 5.91 Å². The molecule has 1 aliphatic heterocycles. The van der Waals surface area contributed by atoms with E-state index in [0.29, 0.717) is 12.1 Å². The molecule has 9 heteroatoms. The minimum absolute atomic E-state index is 0.0719. The lowest BCUT2D eigenvalue weighted by molar-refractivity contribution is -0.122. The van der Waals surface area contributed by atoms with E-state index in [1.54, 1.807) is 22.1 Å². The second-order valence-electron chi connectivity index (χ2n) is 6.61. The fraction of sp³-hybridized carbons (Fsp3) is 0.500. The molecule has 4 heterocycles. The summed E-state index contributed by atoms with van der Waals surface area (Å²) in [5.41, 5.74) is 1.30. The topological polar surface area (TPSA) is 80.9 Å². The molecule has 0 saturated carbocycles. The average molecular weight is 389 g/mol. The van der Waals surface area contributed by atoms with Gasteiger partial charge < -0.3 is 10.1 Å². The highest BCUT2D eigenvalue weighted by Gasteiger charge is 2.14. The molecule has 3 aromatic heterocycles. The molecule has 1 fully saturated rings. The molecular formula is C18H23N5O3S. The zero-order valence-corrected chi connectivity index (χ0v) is 16.1. The van der Waals surface area contributed by atoms with E-state index in [0.717, 1.165) is 49.5 Å². The summed E-state index contributed by atoms with van der Waals surface area (Å²) in [7, 11) is 0. The van der Waals surface area contributed by atoms with Gasteiger partial charge in [0.25, 0.3) is 5.56 Å². The third-order valence-corrected chi connectivity index (χ3v) is 6.05. The molecule has 1 aliphatic rings. The Kier molecular flexibility index (Phi) is 5.24. The Morgan fingerprint density at radius 1 is 1.30 bits per heavy atom. The monoisotopic (exact) mass is 389 g/mol. The number of aromatic nitrogens is 3. The maximum atomic E-state index is 12.7. The fourth-order valence-electron chi connectivity index (χ4n) is 3.31. The molecule has 1 N–H and O–H groups in total. The number of hydrogen-bond acceptors (Lipinski definition) is 6. The van der Waals surface area contributed by atoms with Crippen molar-refractivity contribution in [3.63, 3.8) is 0 Å². The van der Waals surface area contributed by atoms with E-state index in [2.05, 4.69) is 28.3 Å². The summed E-state index contributed by atoms with van der Waals surface area (Å²) in [6.07, 6.45) is 2.59. The van der Waals surface area contributed by atoms with Crippen molar-refractivity contribution in [3.8, 4) is 0 Å². The summed E-state index contributed by atoms with van der Waals surface area (Å²) in [6, 6.07) is 3.98. The van der Waals surface area contributed by atoms with Crippen LogP contribution in [0.15, 0.2) is 23.3 Å². The first-order chi connectivity index (χ1) is 13.2. The number of hydrogen-bond donors (Lipinski definition) is 1. The molecule has 1 amide bonds. The largest absolute Gasteiger partial charge is 0.379 e. The molecule has 0 bridgehead atoms. The van der Waals surface area contributed by atoms with Gasteiger partial charge in [-0.3, -0.25) is 18.9 Å². The van der Waals surface area contributed by atoms with Crippen molar-refractivity contribution in [2.24, 2.45) is 0 Å². The number of nitrogens with zero attached hydrogens (tertiary/aromatic N) is 4. The Morgan fingerprint density at radius 3 is 2.89 bits per heavy atom. The predicted octanol–water partition coefficient (Wildman–Crippen LogP) is 0.721. The minimum Gasteiger partial charge on any atom is -0.379 e. The summed E-state index contributed by atoms with van der Waals surface area (Å²) in [5.74, 6) is -0.205. The predicted molar refractivity (Wildman–Crippen MR) is 104 cm³/mol. The van der Waals surface area contributed by atoms with Gasteiger partial charge in [-0.05, 0) is 18.6 Å². The van der Waals surface area contributed by atoms with Gasteiger partial charge in [-0.1, -0.05) is 6.92 Å². The van der Waals surface area contributed by atoms with Gasteiger partial charge in [0.1, 0.15) is 18.4 Å². The van der Waals surface area contributed by atoms with Crippen LogP contribution < -0.4 is 10.9 Å². The van der Waals surface area contributed by atoms with Crippen LogP contribution in [0.3, 0.4) is 0 Å². The van der Waals surface area contributed by atoms with Crippen molar-refractivity contribution in [1.82, 2.24) is 24.4 Å². The SMILES string of the molecule is CCc1cc2c(cc3c(=O)n(CC(=O)NCCN4CCOCC4)ncn32)s1. The Labute approximate surface area is 160 Å². The Morgan fingerprint density at radius 2 is 2.11 bits per heavy atom. The lowest BCUT2D eigenvalue weighted by Gasteiger charge is -2.26. The van der Waals surface area contributed by atoms with Crippen molar-refractivity contribution in [1.29, 1.82) is 0 Å². The Balaban J connectivity index is 1.43. The van der Waals surface area contributed by atoms with E-state index in [4.69, 9.17) is 4.74 Å². The van der Waals surface area contributed by atoms with Gasteiger partial charge in [0.15, 0.2) is 0 Å². The summed E-state index contributed by atoms with van der Waals surface area (Å²) in [5, 5.41) is 7.05. The quantitative estimate of drug-likeness (QED) is 0.672. The second-order valence-corrected chi connectivity index (χ2v) is 7.78. The number of aryl methyl sites for hydroxylation is 1. The van der Waals surface area contributed by atoms with Crippen LogP contribution in [0.2, 0.25) is 0 Å². The number of ether oxygens (including phenoxy) is 1. The summed E-state index contributed by atoms with van der Waals surface area (Å²) < 4.78 is 9.41. The molecule has 0 aromatic carbocycles. The second kappa shape index (κ2) is 7.79. The number of carbonyl (C=O) groups is 1. The lowest BCUT2D eigenvalue weighted by atomic mass is 10.3. The van der Waals surface area contributed by atoms with Gasteiger partial charge in [-0.2, -0.15) is 5.10 Å². The molecule has 4 rings (SSSR count). The van der Waals surface area contributed by atoms with Crippen LogP contribution in [0.4, 0.5) is 0 Å². The number of rotatable bonds is 6. The Hall–Kier alpha value is -2.23. The highest BCUT2D eigenvalue weighted by Crippen LogP contribution is 2.27. The molecule has 0 radical (unpaired) electrons. The number of fused-ring (bicyclic) bond motifs is 3. The average Bonchev–Trinajstić information content (AvgIpc) is 3.23. The van der Waals surface area contributed by atoms with Crippen LogP contribution in [0.5, 0.6) is 0 Å². The summed E-state index contributed by atoms with van der Waals surface area (Å²) >= 11 is 1.69. The third kappa shape index (κ3) is 3.76. The number of amides is 1. The first-order valence-electron chi connectivity index (χ1n) is 9.22. The van der Waals surface area contributed by atoms with Crippen LogP contribution >= 0.6 is 11.3 Å². The van der Waals surface area contributed by atoms with Crippen molar-refractivity contribution < 1.29 is 9.53 Å². The van der Waals surface area contributed by atoms with Crippen LogP contribution in [-0.2, 0) is 22.5 Å². The normalized spacial score (nSPS) is 15.6. The fourth-order valence-corrected chi connectivity index (χ4v) is 4.34. The van der Waals surface area contributed by atoms with Gasteiger partial charge in [-0.25, -0.2) is 4.68 Å². The molecule has 0 aliphatic carbocycles. The minimum atomic E-state index is -0.248. The molecule has 1 saturated heterocycles. The van der Waals surface area contributed by atoms with Crippen molar-refractivity contribution in [2.75, 3.05) is 39.4 Å². The maximum absolute atomic E-state index is 12.7. The molecular weight excluding hydrogens is 366 g/mol. The van der Waals surface area contributed by atoms with E-state index in [1.165, 1.54) is 9.56 Å². The van der Waals surface area contributed by atoms with E-state index in [-0.39, 0.29) is 18.0 Å². The maximum Gasteiger partial charge on any atom is 0.291 e. The molecule has 144 valence electrons. The van der Waals surface area contributed by atoms with Crippen LogP contribution in [-0.4, -0.2) is 64.4 Å². The first kappa shape index (κ1) is 18.1. The van der Waals surface area contributed by atoms with E-state index in [1.807, 2.05) is 6.07 Å². The molecule has 0 atom stereocenters. The Bertz CT molecular complexity index is 1020. The standard InChI is InChI=1S/C18H23N5O3S/c1-2-13-9-14-16(27-13)10-15-18(25)23(20-12-22(14)15)11-17(24)19-3-4-21-5-7-26-8-6-21/h9-10,12H,2-8,11H2,1H3,(H,19,24). The van der Waals surface area contributed by atoms with E-state index >= 15 is 0 Å².